The topological polar surface area (TPSA) is 90.5 Å². The molecule has 148 valence electrons. The molecule has 0 fully saturated rings. The highest BCUT2D eigenvalue weighted by molar-refractivity contribution is 7.80. The average Bonchev–Trinajstić information content (AvgIpc) is 2.60. The van der Waals surface area contributed by atoms with E-state index in [0.29, 0.717) is 11.3 Å². The lowest BCUT2D eigenvalue weighted by molar-refractivity contribution is 0.0696. The Kier molecular flexibility index (Phi) is 7.48. The van der Waals surface area contributed by atoms with Gasteiger partial charge in [-0.25, -0.2) is 4.79 Å². The fourth-order valence-corrected chi connectivity index (χ4v) is 2.83. The molecule has 0 aromatic heterocycles. The molecular formula is C18H16Cl3N3O3S. The van der Waals surface area contributed by atoms with E-state index in [1.54, 1.807) is 43.3 Å². The zero-order valence-electron chi connectivity index (χ0n) is 14.5. The maximum atomic E-state index is 12.5. The highest BCUT2D eigenvalue weighted by Gasteiger charge is 2.35. The number of carboxylic acids is 1. The minimum Gasteiger partial charge on any atom is -0.478 e. The molecule has 10 heteroatoms. The number of aryl methyl sites for hydroxylation is 1. The number of thiocarbonyl (C=S) groups is 1. The van der Waals surface area contributed by atoms with Gasteiger partial charge in [-0.05, 0) is 49.0 Å². The summed E-state index contributed by atoms with van der Waals surface area (Å²) in [6.07, 6.45) is -1.15. The van der Waals surface area contributed by atoms with E-state index in [1.807, 2.05) is 0 Å². The van der Waals surface area contributed by atoms with Gasteiger partial charge < -0.3 is 21.1 Å². The summed E-state index contributed by atoms with van der Waals surface area (Å²) in [6.45, 7) is 1.79. The van der Waals surface area contributed by atoms with Crippen molar-refractivity contribution in [2.45, 2.75) is 16.9 Å². The van der Waals surface area contributed by atoms with Gasteiger partial charge in [-0.2, -0.15) is 0 Å². The van der Waals surface area contributed by atoms with E-state index in [2.05, 4.69) is 16.0 Å². The monoisotopic (exact) mass is 459 g/mol. The first-order chi connectivity index (χ1) is 13.1. The molecule has 0 aliphatic heterocycles. The highest BCUT2D eigenvalue weighted by atomic mass is 35.6. The van der Waals surface area contributed by atoms with Crippen molar-refractivity contribution < 1.29 is 14.7 Å². The molecule has 0 aliphatic rings. The Morgan fingerprint density at radius 3 is 2.36 bits per heavy atom. The third-order valence-corrected chi connectivity index (χ3v) is 4.51. The van der Waals surface area contributed by atoms with Crippen LogP contribution in [-0.4, -0.2) is 32.1 Å². The summed E-state index contributed by atoms with van der Waals surface area (Å²) in [5.41, 5.74) is 1.69. The lowest BCUT2D eigenvalue weighted by atomic mass is 10.1. The van der Waals surface area contributed by atoms with Crippen LogP contribution in [0, 0.1) is 6.92 Å². The Balaban J connectivity index is 2.11. The maximum Gasteiger partial charge on any atom is 0.335 e. The van der Waals surface area contributed by atoms with Crippen molar-refractivity contribution in [3.05, 3.63) is 65.2 Å². The number of rotatable bonds is 5. The second-order valence-corrected chi connectivity index (χ2v) is 8.52. The Hall–Kier alpha value is -2.06. The Labute approximate surface area is 182 Å². The van der Waals surface area contributed by atoms with Crippen molar-refractivity contribution in [2.75, 3.05) is 5.32 Å². The third-order valence-electron chi connectivity index (χ3n) is 3.64. The van der Waals surface area contributed by atoms with Crippen LogP contribution in [0.15, 0.2) is 48.5 Å². The second-order valence-electron chi connectivity index (χ2n) is 5.75. The number of carbonyl (C=O) groups excluding carboxylic acids is 1. The van der Waals surface area contributed by atoms with E-state index in [1.165, 1.54) is 12.1 Å². The Morgan fingerprint density at radius 1 is 1.07 bits per heavy atom. The van der Waals surface area contributed by atoms with Gasteiger partial charge in [-0.3, -0.25) is 4.79 Å². The molecule has 0 unspecified atom stereocenters. The number of nitrogens with one attached hydrogen (secondary N) is 3. The fourth-order valence-electron chi connectivity index (χ4n) is 2.26. The molecule has 1 atom stereocenters. The molecule has 2 aromatic carbocycles. The second kappa shape index (κ2) is 9.43. The lowest BCUT2D eigenvalue weighted by Gasteiger charge is -2.28. The number of amides is 1. The SMILES string of the molecule is Cc1ccccc1C(=O)N[C@H](NC(=S)Nc1cccc(C(=O)O)c1)C(Cl)(Cl)Cl. The molecule has 28 heavy (non-hydrogen) atoms. The van der Waals surface area contributed by atoms with Gasteiger partial charge in [-0.1, -0.05) is 59.1 Å². The average molecular weight is 461 g/mol. The van der Waals surface area contributed by atoms with E-state index in [9.17, 15) is 9.59 Å². The zero-order chi connectivity index (χ0) is 20.9. The van der Waals surface area contributed by atoms with Gasteiger partial charge >= 0.3 is 5.97 Å². The molecule has 0 bridgehead atoms. The van der Waals surface area contributed by atoms with Crippen LogP contribution in [0.3, 0.4) is 0 Å². The molecule has 1 amide bonds. The standard InChI is InChI=1S/C18H16Cl3N3O3S/c1-10-5-2-3-8-13(10)14(25)23-16(18(19,20)21)24-17(28)22-12-7-4-6-11(9-12)15(26)27/h2-9,16H,1H3,(H,23,25)(H,26,27)(H2,22,24,28)/t16-/m1/s1. The number of benzene rings is 2. The van der Waals surface area contributed by atoms with Gasteiger partial charge in [0.2, 0.25) is 3.79 Å². The summed E-state index contributed by atoms with van der Waals surface area (Å²) in [6, 6.07) is 13.0. The zero-order valence-corrected chi connectivity index (χ0v) is 17.6. The van der Waals surface area contributed by atoms with Gasteiger partial charge in [0.1, 0.15) is 6.17 Å². The van der Waals surface area contributed by atoms with Crippen molar-refractivity contribution in [3.63, 3.8) is 0 Å². The molecule has 0 radical (unpaired) electrons. The summed E-state index contributed by atoms with van der Waals surface area (Å²) < 4.78 is -1.91. The number of carboxylic acid groups (broad SMARTS) is 1. The van der Waals surface area contributed by atoms with E-state index in [4.69, 9.17) is 52.1 Å². The van der Waals surface area contributed by atoms with Crippen molar-refractivity contribution in [1.82, 2.24) is 10.6 Å². The summed E-state index contributed by atoms with van der Waals surface area (Å²) >= 11 is 23.1. The summed E-state index contributed by atoms with van der Waals surface area (Å²) in [7, 11) is 0. The molecule has 0 heterocycles. The van der Waals surface area contributed by atoms with Crippen LogP contribution >= 0.6 is 47.0 Å². The van der Waals surface area contributed by atoms with Crippen LogP contribution < -0.4 is 16.0 Å². The number of anilines is 1. The van der Waals surface area contributed by atoms with Gasteiger partial charge in [0.15, 0.2) is 5.11 Å². The first-order valence-corrected chi connectivity index (χ1v) is 9.46. The normalized spacial score (nSPS) is 12.0. The highest BCUT2D eigenvalue weighted by Crippen LogP contribution is 2.29. The van der Waals surface area contributed by atoms with Gasteiger partial charge in [0.25, 0.3) is 5.91 Å². The number of aromatic carboxylic acids is 1. The molecule has 0 saturated carbocycles. The lowest BCUT2D eigenvalue weighted by Crippen LogP contribution is -2.56. The van der Waals surface area contributed by atoms with E-state index < -0.39 is 21.8 Å². The van der Waals surface area contributed by atoms with Crippen molar-refractivity contribution in [1.29, 1.82) is 0 Å². The van der Waals surface area contributed by atoms with E-state index in [0.717, 1.165) is 5.56 Å². The predicted octanol–water partition coefficient (Wildman–Crippen LogP) is 4.11. The van der Waals surface area contributed by atoms with Crippen molar-refractivity contribution in [3.8, 4) is 0 Å². The maximum absolute atomic E-state index is 12.5. The molecule has 4 N–H and O–H groups in total. The molecule has 2 rings (SSSR count). The predicted molar refractivity (Wildman–Crippen MR) is 115 cm³/mol. The molecule has 0 saturated heterocycles. The van der Waals surface area contributed by atoms with Crippen LogP contribution in [0.25, 0.3) is 0 Å². The van der Waals surface area contributed by atoms with Crippen molar-refractivity contribution in [2.24, 2.45) is 0 Å². The number of hydrogen-bond acceptors (Lipinski definition) is 3. The first kappa shape index (κ1) is 22.2. The van der Waals surface area contributed by atoms with Crippen molar-refractivity contribution >= 4 is 69.7 Å². The minimum absolute atomic E-state index is 0.0314. The van der Waals surface area contributed by atoms with Crippen LogP contribution in [-0.2, 0) is 0 Å². The minimum atomic E-state index is -1.91. The van der Waals surface area contributed by atoms with Gasteiger partial charge in [0.05, 0.1) is 5.56 Å². The van der Waals surface area contributed by atoms with Crippen LogP contribution in [0.1, 0.15) is 26.3 Å². The number of halogens is 3. The van der Waals surface area contributed by atoms with Crippen LogP contribution in [0.5, 0.6) is 0 Å². The largest absolute Gasteiger partial charge is 0.478 e. The first-order valence-electron chi connectivity index (χ1n) is 7.92. The third kappa shape index (κ3) is 6.24. The Morgan fingerprint density at radius 2 is 1.75 bits per heavy atom. The van der Waals surface area contributed by atoms with E-state index in [-0.39, 0.29) is 10.7 Å². The fraction of sp³-hybridized carbons (Fsp3) is 0.167. The number of carbonyl (C=O) groups is 2. The summed E-state index contributed by atoms with van der Waals surface area (Å²) in [5, 5.41) is 17.2. The van der Waals surface area contributed by atoms with E-state index >= 15 is 0 Å². The molecule has 0 aliphatic carbocycles. The quantitative estimate of drug-likeness (QED) is 0.305. The molecular weight excluding hydrogens is 445 g/mol. The Bertz CT molecular complexity index is 903. The van der Waals surface area contributed by atoms with Crippen LogP contribution in [0.2, 0.25) is 0 Å². The smallest absolute Gasteiger partial charge is 0.335 e. The number of hydrogen-bond donors (Lipinski definition) is 4. The summed E-state index contributed by atoms with van der Waals surface area (Å²) in [4.78, 5) is 23.6. The van der Waals surface area contributed by atoms with Gasteiger partial charge in [0, 0.05) is 11.3 Å². The summed E-state index contributed by atoms with van der Waals surface area (Å²) in [5.74, 6) is -1.52. The van der Waals surface area contributed by atoms with Crippen LogP contribution in [0.4, 0.5) is 5.69 Å². The molecule has 2 aromatic rings. The molecule has 0 spiro atoms. The molecule has 6 nitrogen and oxygen atoms in total. The van der Waals surface area contributed by atoms with Gasteiger partial charge in [-0.15, -0.1) is 0 Å². The number of alkyl halides is 3.